The average Bonchev–Trinajstić information content (AvgIpc) is 3.65. The molecule has 0 saturated carbocycles. The number of benzene rings is 7. The van der Waals surface area contributed by atoms with E-state index in [1.54, 1.807) is 0 Å². The number of hydrogen-bond donors (Lipinski definition) is 0. The van der Waals surface area contributed by atoms with Gasteiger partial charge in [0.15, 0.2) is 17.5 Å². The Labute approximate surface area is 334 Å². The molecule has 0 atom stereocenters. The second kappa shape index (κ2) is 14.1. The molecule has 244 valence electrons. The third kappa shape index (κ3) is 6.03. The Balaban J connectivity index is 1.19. The summed E-state index contributed by atoms with van der Waals surface area (Å²) in [4.78, 5) is 15.0. The quantitative estimate of drug-likeness (QED) is 0.251. The van der Waals surface area contributed by atoms with E-state index in [2.05, 4.69) is 48.5 Å². The summed E-state index contributed by atoms with van der Waals surface area (Å²) in [7, 11) is 44.9. The lowest BCUT2D eigenvalue weighted by Gasteiger charge is -2.17. The summed E-state index contributed by atoms with van der Waals surface area (Å²) in [5.41, 5.74) is 9.76. The normalized spacial score (nSPS) is 11.4. The molecule has 0 aliphatic carbocycles. The van der Waals surface area contributed by atoms with E-state index in [4.69, 9.17) is 74.3 Å². The second-order valence-corrected chi connectivity index (χ2v) is 13.6. The van der Waals surface area contributed by atoms with Crippen LogP contribution in [0.3, 0.4) is 0 Å². The lowest BCUT2D eigenvalue weighted by Crippen LogP contribution is -2.47. The Bertz CT molecular complexity index is 2970. The molecule has 4 nitrogen and oxygen atoms in total. The summed E-state index contributed by atoms with van der Waals surface area (Å²) < 4.78 is 6.17. The summed E-state index contributed by atoms with van der Waals surface area (Å²) >= 11 is 0. The van der Waals surface area contributed by atoms with E-state index >= 15 is 0 Å². The molecule has 9 aromatic rings. The van der Waals surface area contributed by atoms with Crippen LogP contribution in [0.2, 0.25) is 0 Å². The van der Waals surface area contributed by atoms with Crippen molar-refractivity contribution in [1.82, 2.24) is 15.0 Å². The molecular formula is C45H22B7N3O. The average molecular weight is 696 g/mol. The maximum atomic E-state index is 6.70. The van der Waals surface area contributed by atoms with E-state index in [0.29, 0.717) is 39.4 Å². The lowest BCUT2D eigenvalue weighted by molar-refractivity contribution is 0.675. The minimum absolute atomic E-state index is 0.120. The Kier molecular flexibility index (Phi) is 8.97. The third-order valence-corrected chi connectivity index (χ3v) is 10.2. The molecule has 0 aliphatic heterocycles. The van der Waals surface area contributed by atoms with E-state index in [1.807, 2.05) is 84.9 Å². The molecule has 0 amide bonds. The molecule has 7 aromatic carbocycles. The second-order valence-electron chi connectivity index (χ2n) is 13.6. The number of aromatic nitrogens is 3. The molecule has 0 fully saturated rings. The summed E-state index contributed by atoms with van der Waals surface area (Å²) in [6.07, 6.45) is 0. The van der Waals surface area contributed by atoms with Crippen LogP contribution >= 0.6 is 0 Å². The zero-order chi connectivity index (χ0) is 38.7. The van der Waals surface area contributed by atoms with E-state index in [1.165, 1.54) is 0 Å². The minimum atomic E-state index is 0.120. The summed E-state index contributed by atoms with van der Waals surface area (Å²) in [6, 6.07) is 44.4. The molecule has 0 spiro atoms. The molecule has 14 radical (unpaired) electrons. The van der Waals surface area contributed by atoms with Gasteiger partial charge in [-0.2, -0.15) is 0 Å². The van der Waals surface area contributed by atoms with Gasteiger partial charge in [0, 0.05) is 27.5 Å². The molecule has 0 saturated heterocycles. The predicted octanol–water partition coefficient (Wildman–Crippen LogP) is 3.33. The van der Waals surface area contributed by atoms with Gasteiger partial charge >= 0.3 is 0 Å². The highest BCUT2D eigenvalue weighted by molar-refractivity contribution is 6.68. The van der Waals surface area contributed by atoms with Crippen molar-refractivity contribution in [3.63, 3.8) is 0 Å². The number of fused-ring (bicyclic) bond motifs is 3. The van der Waals surface area contributed by atoms with Crippen molar-refractivity contribution in [2.24, 2.45) is 0 Å². The van der Waals surface area contributed by atoms with Gasteiger partial charge in [-0.25, -0.2) is 15.0 Å². The van der Waals surface area contributed by atoms with Gasteiger partial charge in [0.2, 0.25) is 0 Å². The van der Waals surface area contributed by atoms with Crippen LogP contribution in [0.5, 0.6) is 0 Å². The van der Waals surface area contributed by atoms with Gasteiger partial charge in [-0.05, 0) is 39.4 Å². The van der Waals surface area contributed by atoms with Crippen LogP contribution in [0, 0.1) is 0 Å². The number of furan rings is 1. The van der Waals surface area contributed by atoms with Crippen LogP contribution < -0.4 is 38.2 Å². The zero-order valence-electron chi connectivity index (χ0n) is 30.0. The fourth-order valence-electron chi connectivity index (χ4n) is 7.15. The summed E-state index contributed by atoms with van der Waals surface area (Å²) in [5.74, 6) is 1.55. The highest BCUT2D eigenvalue weighted by Crippen LogP contribution is 2.34. The minimum Gasteiger partial charge on any atom is -0.457 e. The molecular weight excluding hydrogens is 674 g/mol. The molecule has 2 aromatic heterocycles. The number of hydrogen-bond acceptors (Lipinski definition) is 4. The van der Waals surface area contributed by atoms with Crippen LogP contribution in [0.15, 0.2) is 138 Å². The van der Waals surface area contributed by atoms with Crippen LogP contribution in [0.4, 0.5) is 0 Å². The first-order valence-electron chi connectivity index (χ1n) is 17.8. The van der Waals surface area contributed by atoms with Crippen molar-refractivity contribution < 1.29 is 4.42 Å². The molecule has 0 unspecified atom stereocenters. The first-order valence-corrected chi connectivity index (χ1v) is 17.8. The molecule has 0 bridgehead atoms. The molecule has 0 aliphatic rings. The van der Waals surface area contributed by atoms with E-state index < -0.39 is 0 Å². The smallest absolute Gasteiger partial charge is 0.164 e. The Morgan fingerprint density at radius 2 is 0.696 bits per heavy atom. The van der Waals surface area contributed by atoms with Crippen LogP contribution in [0.1, 0.15) is 0 Å². The van der Waals surface area contributed by atoms with Gasteiger partial charge < -0.3 is 4.42 Å². The van der Waals surface area contributed by atoms with E-state index in [-0.39, 0.29) is 49.4 Å². The van der Waals surface area contributed by atoms with Gasteiger partial charge in [-0.1, -0.05) is 149 Å². The SMILES string of the molecule is [B]c1c([B])c([B])c2c(oc3c([B])c([B])c([B])c(-c4ccc(-c5nc(-c6ccc(-c7ccccc7)cc6)nc(-c6cccc(-c7ccccc7)c6)n5)cc4)c32)c1[B]. The Hall–Kier alpha value is -6.20. The fraction of sp³-hybridized carbons (Fsp3) is 0. The monoisotopic (exact) mass is 697 g/mol. The molecule has 56 heavy (non-hydrogen) atoms. The summed E-state index contributed by atoms with van der Waals surface area (Å²) in [6.45, 7) is 0. The molecule has 0 N–H and O–H groups in total. The molecule has 2 heterocycles. The predicted molar refractivity (Wildman–Crippen MR) is 237 cm³/mol. The lowest BCUT2D eigenvalue weighted by atomic mass is 9.64. The van der Waals surface area contributed by atoms with Gasteiger partial charge in [-0.3, -0.25) is 0 Å². The maximum Gasteiger partial charge on any atom is 0.164 e. The number of nitrogens with zero attached hydrogens (tertiary/aromatic N) is 3. The van der Waals surface area contributed by atoms with Crippen molar-refractivity contribution in [3.8, 4) is 67.5 Å². The summed E-state index contributed by atoms with van der Waals surface area (Å²) in [5, 5.41) is 0.972. The zero-order valence-corrected chi connectivity index (χ0v) is 30.0. The third-order valence-electron chi connectivity index (χ3n) is 10.2. The van der Waals surface area contributed by atoms with Crippen molar-refractivity contribution in [3.05, 3.63) is 133 Å². The van der Waals surface area contributed by atoms with Gasteiger partial charge in [0.1, 0.15) is 66.1 Å². The van der Waals surface area contributed by atoms with Crippen molar-refractivity contribution in [2.75, 3.05) is 0 Å². The molecule has 11 heteroatoms. The highest BCUT2D eigenvalue weighted by Gasteiger charge is 2.23. The van der Waals surface area contributed by atoms with Gasteiger partial charge in [0.05, 0.1) is 0 Å². The van der Waals surface area contributed by atoms with Gasteiger partial charge in [-0.15, -0.1) is 16.4 Å². The van der Waals surface area contributed by atoms with Crippen LogP contribution in [-0.4, -0.2) is 69.9 Å². The first-order chi connectivity index (χ1) is 27.2. The van der Waals surface area contributed by atoms with Crippen LogP contribution in [0.25, 0.3) is 89.5 Å². The number of rotatable bonds is 6. The van der Waals surface area contributed by atoms with Crippen molar-refractivity contribution in [1.29, 1.82) is 0 Å². The van der Waals surface area contributed by atoms with Crippen LogP contribution in [-0.2, 0) is 0 Å². The fourth-order valence-corrected chi connectivity index (χ4v) is 7.15. The first kappa shape index (κ1) is 35.5. The standard InChI is InChI=1S/C45H22B7N3O/c46-34-31(32-33-35(47)36(48)38(50)40(52)42(33)56-41(32)39(51)37(34)49)26-16-20-28(21-17-26)44-53-43(27-18-14-25(15-19-27)23-8-3-1-4-9-23)54-45(55-44)30-13-7-12-29(22-30)24-10-5-2-6-11-24/h1-22H. The Morgan fingerprint density at radius 1 is 0.304 bits per heavy atom. The van der Waals surface area contributed by atoms with Crippen molar-refractivity contribution in [2.45, 2.75) is 0 Å². The molecule has 9 rings (SSSR count). The highest BCUT2D eigenvalue weighted by atomic mass is 16.3. The van der Waals surface area contributed by atoms with E-state index in [0.717, 1.165) is 38.9 Å². The largest absolute Gasteiger partial charge is 0.457 e. The van der Waals surface area contributed by atoms with Crippen molar-refractivity contribution >= 4 is 115 Å². The topological polar surface area (TPSA) is 51.8 Å². The maximum absolute atomic E-state index is 6.70. The van der Waals surface area contributed by atoms with E-state index in [9.17, 15) is 0 Å². The van der Waals surface area contributed by atoms with Gasteiger partial charge in [0.25, 0.3) is 0 Å². The Morgan fingerprint density at radius 3 is 1.27 bits per heavy atom.